The van der Waals surface area contributed by atoms with Gasteiger partial charge in [0.15, 0.2) is 11.5 Å². The quantitative estimate of drug-likeness (QED) is 0.632. The number of phosphoric ester groups is 1. The van der Waals surface area contributed by atoms with Crippen molar-refractivity contribution in [2.75, 3.05) is 12.3 Å². The van der Waals surface area contributed by atoms with Gasteiger partial charge in [-0.3, -0.25) is 9.09 Å². The van der Waals surface area contributed by atoms with Crippen molar-refractivity contribution < 1.29 is 28.3 Å². The van der Waals surface area contributed by atoms with E-state index in [0.29, 0.717) is 17.6 Å². The maximum atomic E-state index is 11.0. The summed E-state index contributed by atoms with van der Waals surface area (Å²) in [6.07, 6.45) is 1.73. The Balaban J connectivity index is 1.84. The zero-order chi connectivity index (χ0) is 19.1. The lowest BCUT2D eigenvalue weighted by atomic mass is 10.1. The molecule has 12 heteroatoms. The van der Waals surface area contributed by atoms with Crippen molar-refractivity contribution in [3.05, 3.63) is 12.7 Å². The number of ether oxygens (including phenoxy) is 2. The predicted octanol–water partition coefficient (Wildman–Crippen LogP) is 0.989. The van der Waals surface area contributed by atoms with Crippen LogP contribution in [0.25, 0.3) is 11.2 Å². The normalized spacial score (nSPS) is 24.4. The molecule has 3 heterocycles. The van der Waals surface area contributed by atoms with Gasteiger partial charge in [0.25, 0.3) is 0 Å². The maximum absolute atomic E-state index is 11.0. The Labute approximate surface area is 149 Å². The summed E-state index contributed by atoms with van der Waals surface area (Å²) in [4.78, 5) is 30.2. The van der Waals surface area contributed by atoms with E-state index in [-0.39, 0.29) is 12.4 Å². The fourth-order valence-electron chi connectivity index (χ4n) is 2.85. The summed E-state index contributed by atoms with van der Waals surface area (Å²) in [5, 5.41) is 0. The number of nitrogen functional groups attached to an aromatic ring is 1. The number of hydrogen-bond donors (Lipinski definition) is 3. The van der Waals surface area contributed by atoms with Crippen LogP contribution in [0.4, 0.5) is 5.82 Å². The topological polar surface area (TPSA) is 155 Å². The fraction of sp³-hybridized carbons (Fsp3) is 0.643. The van der Waals surface area contributed by atoms with Crippen LogP contribution in [0.5, 0.6) is 0 Å². The molecule has 0 bridgehead atoms. The van der Waals surface area contributed by atoms with E-state index >= 15 is 0 Å². The van der Waals surface area contributed by atoms with Crippen LogP contribution in [-0.4, -0.2) is 53.7 Å². The van der Waals surface area contributed by atoms with Gasteiger partial charge in [-0.1, -0.05) is 0 Å². The van der Waals surface area contributed by atoms with Gasteiger partial charge in [0.05, 0.1) is 24.6 Å². The smallest absolute Gasteiger partial charge is 0.382 e. The molecule has 11 nitrogen and oxygen atoms in total. The molecular formula is C14H22N5O6P. The highest BCUT2D eigenvalue weighted by Crippen LogP contribution is 2.40. The Morgan fingerprint density at radius 2 is 2.12 bits per heavy atom. The Morgan fingerprint density at radius 3 is 2.77 bits per heavy atom. The molecule has 4 N–H and O–H groups in total. The van der Waals surface area contributed by atoms with Crippen LogP contribution in [0.1, 0.15) is 33.4 Å². The molecule has 1 saturated heterocycles. The van der Waals surface area contributed by atoms with Crippen molar-refractivity contribution in [3.63, 3.8) is 0 Å². The first-order valence-corrected chi connectivity index (χ1v) is 9.53. The molecule has 144 valence electrons. The van der Waals surface area contributed by atoms with Crippen LogP contribution in [0, 0.1) is 0 Å². The highest BCUT2D eigenvalue weighted by atomic mass is 31.2. The summed E-state index contributed by atoms with van der Waals surface area (Å²) >= 11 is 0. The van der Waals surface area contributed by atoms with Crippen molar-refractivity contribution in [3.8, 4) is 0 Å². The number of aromatic nitrogens is 4. The number of phosphoric acid groups is 1. The Bertz CT molecular complexity index is 831. The molecule has 3 rings (SSSR count). The molecule has 0 unspecified atom stereocenters. The Hall–Kier alpha value is -1.62. The average Bonchev–Trinajstić information content (AvgIpc) is 3.07. The van der Waals surface area contributed by atoms with E-state index < -0.39 is 31.9 Å². The molecule has 1 aliphatic heterocycles. The number of nitrogens with two attached hydrogens (primary N) is 1. The van der Waals surface area contributed by atoms with E-state index in [1.165, 1.54) is 6.33 Å². The summed E-state index contributed by atoms with van der Waals surface area (Å²) < 4.78 is 29.3. The van der Waals surface area contributed by atoms with Gasteiger partial charge in [-0.15, -0.1) is 0 Å². The van der Waals surface area contributed by atoms with Gasteiger partial charge in [0.1, 0.15) is 24.2 Å². The minimum absolute atomic E-state index is 0.260. The molecule has 0 radical (unpaired) electrons. The third kappa shape index (κ3) is 4.37. The van der Waals surface area contributed by atoms with E-state index in [2.05, 4.69) is 19.5 Å². The molecule has 2 aromatic heterocycles. The van der Waals surface area contributed by atoms with Gasteiger partial charge in [-0.05, 0) is 20.8 Å². The molecule has 0 spiro atoms. The standard InChI is InChI=1S/C14H22N5O6P/c1-14(2,3)25-8-4-10(24-9(8)5-23-26(20,21)22)19-7-18-11-12(15)16-6-17-13(11)19/h6-10H,4-5H2,1-3H3,(H2,15,16,17)(H2,20,21,22)/t8-,9+,10+/m0/s1. The molecule has 0 saturated carbocycles. The molecule has 1 aliphatic rings. The first kappa shape index (κ1) is 19.2. The summed E-state index contributed by atoms with van der Waals surface area (Å²) in [7, 11) is -4.61. The van der Waals surface area contributed by atoms with Crippen molar-refractivity contribution >= 4 is 24.8 Å². The van der Waals surface area contributed by atoms with Gasteiger partial charge in [-0.25, -0.2) is 19.5 Å². The summed E-state index contributed by atoms with van der Waals surface area (Å²) in [6, 6.07) is 0. The lowest BCUT2D eigenvalue weighted by Gasteiger charge is -2.27. The van der Waals surface area contributed by atoms with Crippen LogP contribution in [-0.2, 0) is 18.6 Å². The van der Waals surface area contributed by atoms with E-state index in [9.17, 15) is 4.57 Å². The van der Waals surface area contributed by atoms with Gasteiger partial charge in [-0.2, -0.15) is 0 Å². The number of rotatable bonds is 5. The van der Waals surface area contributed by atoms with E-state index in [1.54, 1.807) is 10.9 Å². The lowest BCUT2D eigenvalue weighted by Crippen LogP contribution is -2.35. The number of anilines is 1. The van der Waals surface area contributed by atoms with Gasteiger partial charge < -0.3 is 25.0 Å². The van der Waals surface area contributed by atoms with Gasteiger partial charge in [0.2, 0.25) is 0 Å². The lowest BCUT2D eigenvalue weighted by molar-refractivity contribution is -0.104. The van der Waals surface area contributed by atoms with Crippen molar-refractivity contribution in [1.82, 2.24) is 19.5 Å². The van der Waals surface area contributed by atoms with Crippen LogP contribution < -0.4 is 5.73 Å². The highest BCUT2D eigenvalue weighted by molar-refractivity contribution is 7.46. The molecular weight excluding hydrogens is 365 g/mol. The van der Waals surface area contributed by atoms with Crippen LogP contribution in [0.3, 0.4) is 0 Å². The van der Waals surface area contributed by atoms with Gasteiger partial charge in [0, 0.05) is 6.42 Å². The first-order valence-electron chi connectivity index (χ1n) is 8.00. The molecule has 0 aliphatic carbocycles. The largest absolute Gasteiger partial charge is 0.469 e. The SMILES string of the molecule is CC(C)(C)O[C@H]1C[C@H](n2cnc3c(N)ncnc32)O[C@@H]1COP(=O)(O)O. The number of imidazole rings is 1. The fourth-order valence-corrected chi connectivity index (χ4v) is 3.19. The van der Waals surface area contributed by atoms with Crippen molar-refractivity contribution in [2.45, 2.75) is 51.2 Å². The van der Waals surface area contributed by atoms with Crippen LogP contribution in [0.2, 0.25) is 0 Å². The Kier molecular flexibility index (Phi) is 5.04. The third-order valence-electron chi connectivity index (χ3n) is 3.79. The van der Waals surface area contributed by atoms with E-state index in [0.717, 1.165) is 0 Å². The second-order valence-corrected chi connectivity index (χ2v) is 8.24. The minimum atomic E-state index is -4.61. The van der Waals surface area contributed by atoms with E-state index in [4.69, 9.17) is 25.0 Å². The van der Waals surface area contributed by atoms with E-state index in [1.807, 2.05) is 20.8 Å². The highest BCUT2D eigenvalue weighted by Gasteiger charge is 2.41. The molecule has 3 atom stereocenters. The second-order valence-electron chi connectivity index (χ2n) is 7.00. The first-order chi connectivity index (χ1) is 12.0. The zero-order valence-corrected chi connectivity index (χ0v) is 15.5. The molecule has 26 heavy (non-hydrogen) atoms. The molecule has 0 aromatic carbocycles. The summed E-state index contributed by atoms with van der Waals surface area (Å²) in [5.74, 6) is 0.260. The number of fused-ring (bicyclic) bond motifs is 1. The van der Waals surface area contributed by atoms with Crippen LogP contribution >= 0.6 is 7.82 Å². The molecule has 0 amide bonds. The number of nitrogens with zero attached hydrogens (tertiary/aromatic N) is 4. The van der Waals surface area contributed by atoms with Crippen molar-refractivity contribution in [1.29, 1.82) is 0 Å². The average molecular weight is 387 g/mol. The summed E-state index contributed by atoms with van der Waals surface area (Å²) in [5.41, 5.74) is 6.30. The Morgan fingerprint density at radius 1 is 1.38 bits per heavy atom. The van der Waals surface area contributed by atoms with Crippen molar-refractivity contribution in [2.24, 2.45) is 0 Å². The van der Waals surface area contributed by atoms with Gasteiger partial charge >= 0.3 is 7.82 Å². The summed E-state index contributed by atoms with van der Waals surface area (Å²) in [6.45, 7) is 5.37. The number of hydrogen-bond acceptors (Lipinski definition) is 8. The maximum Gasteiger partial charge on any atom is 0.469 e. The molecule has 2 aromatic rings. The zero-order valence-electron chi connectivity index (χ0n) is 14.6. The third-order valence-corrected chi connectivity index (χ3v) is 4.28. The van der Waals surface area contributed by atoms with Crippen LogP contribution in [0.15, 0.2) is 12.7 Å². The predicted molar refractivity (Wildman–Crippen MR) is 90.9 cm³/mol. The molecule has 1 fully saturated rings. The minimum Gasteiger partial charge on any atom is -0.382 e. The second kappa shape index (κ2) is 6.84. The monoisotopic (exact) mass is 387 g/mol.